The Morgan fingerprint density at radius 1 is 1.12 bits per heavy atom. The van der Waals surface area contributed by atoms with E-state index in [9.17, 15) is 49.1 Å². The molecule has 7 nitrogen and oxygen atoms in total. The van der Waals surface area contributed by atoms with Crippen molar-refractivity contribution in [1.82, 2.24) is 9.88 Å². The number of sulfone groups is 1. The van der Waals surface area contributed by atoms with Crippen LogP contribution in [0.25, 0.3) is 0 Å². The van der Waals surface area contributed by atoms with Gasteiger partial charge in [0, 0.05) is 6.20 Å². The van der Waals surface area contributed by atoms with E-state index in [4.69, 9.17) is 5.73 Å². The van der Waals surface area contributed by atoms with Crippen molar-refractivity contribution in [3.05, 3.63) is 47.5 Å². The fourth-order valence-corrected chi connectivity index (χ4v) is 4.16. The number of nitrogens with two attached hydrogens (primary N) is 1. The van der Waals surface area contributed by atoms with Gasteiger partial charge in [0.05, 0.1) is 29.2 Å². The van der Waals surface area contributed by atoms with E-state index < -0.39 is 79.3 Å². The molecule has 15 heteroatoms. The molecule has 1 aromatic heterocycles. The van der Waals surface area contributed by atoms with Crippen molar-refractivity contribution < 1.29 is 49.1 Å². The van der Waals surface area contributed by atoms with Crippen molar-refractivity contribution in [3.8, 4) is 0 Å². The lowest BCUT2D eigenvalue weighted by Crippen LogP contribution is -2.70. The van der Waals surface area contributed by atoms with Gasteiger partial charge in [-0.1, -0.05) is 0 Å². The number of pyridine rings is 1. The van der Waals surface area contributed by atoms with E-state index in [1.165, 1.54) is 0 Å². The van der Waals surface area contributed by atoms with E-state index in [1.54, 1.807) is 0 Å². The molecule has 2 heterocycles. The Labute approximate surface area is 175 Å². The van der Waals surface area contributed by atoms with Gasteiger partial charge in [0.2, 0.25) is 9.84 Å². The number of hydrogen-bond donors (Lipinski definition) is 2. The number of aliphatic hydroxyl groups is 1. The van der Waals surface area contributed by atoms with Crippen LogP contribution in [0, 0.1) is 5.82 Å². The molecule has 3 N–H and O–H groups in total. The Bertz CT molecular complexity index is 1190. The number of nitrogens with zero attached hydrogens (tertiary/aromatic N) is 2. The Morgan fingerprint density at radius 2 is 1.72 bits per heavy atom. The Morgan fingerprint density at radius 3 is 2.19 bits per heavy atom. The summed E-state index contributed by atoms with van der Waals surface area (Å²) in [6.07, 6.45) is -9.33. The topological polar surface area (TPSA) is 114 Å². The minimum absolute atomic E-state index is 0.00671. The maximum absolute atomic E-state index is 14.1. The summed E-state index contributed by atoms with van der Waals surface area (Å²) in [5.74, 6) is -2.81. The molecule has 1 amide bonds. The summed E-state index contributed by atoms with van der Waals surface area (Å²) in [7, 11) is -4.75. The molecular formula is C17H12F7N3O4S. The van der Waals surface area contributed by atoms with E-state index in [1.807, 2.05) is 0 Å². The summed E-state index contributed by atoms with van der Waals surface area (Å²) < 4.78 is 115. The zero-order valence-electron chi connectivity index (χ0n) is 15.5. The van der Waals surface area contributed by atoms with Gasteiger partial charge < -0.3 is 15.7 Å². The fourth-order valence-electron chi connectivity index (χ4n) is 2.87. The van der Waals surface area contributed by atoms with Gasteiger partial charge in [-0.3, -0.25) is 4.79 Å². The number of alkyl halides is 6. The third-order valence-electron chi connectivity index (χ3n) is 4.67. The second-order valence-electron chi connectivity index (χ2n) is 6.95. The zero-order valence-corrected chi connectivity index (χ0v) is 16.3. The Balaban J connectivity index is 1.87. The Kier molecular flexibility index (Phi) is 5.41. The van der Waals surface area contributed by atoms with E-state index in [0.717, 1.165) is 0 Å². The highest BCUT2D eigenvalue weighted by molar-refractivity contribution is 7.91. The van der Waals surface area contributed by atoms with Crippen LogP contribution in [0.15, 0.2) is 40.3 Å². The molecule has 0 unspecified atom stereocenters. The second-order valence-corrected chi connectivity index (χ2v) is 8.86. The van der Waals surface area contributed by atoms with Gasteiger partial charge in [-0.25, -0.2) is 17.8 Å². The van der Waals surface area contributed by atoms with Crippen molar-refractivity contribution >= 4 is 21.4 Å². The van der Waals surface area contributed by atoms with Gasteiger partial charge in [-0.15, -0.1) is 0 Å². The van der Waals surface area contributed by atoms with Crippen LogP contribution < -0.4 is 5.73 Å². The van der Waals surface area contributed by atoms with Gasteiger partial charge >= 0.3 is 12.4 Å². The number of anilines is 1. The average molecular weight is 487 g/mol. The highest BCUT2D eigenvalue weighted by Crippen LogP contribution is 2.38. The minimum atomic E-state index is -4.98. The van der Waals surface area contributed by atoms with Crippen LogP contribution in [0.2, 0.25) is 0 Å². The number of amides is 1. The summed E-state index contributed by atoms with van der Waals surface area (Å²) in [6, 6.07) is 1.42. The van der Waals surface area contributed by atoms with Crippen molar-refractivity contribution in [2.24, 2.45) is 0 Å². The normalized spacial score (nSPS) is 16.6. The molecule has 1 aliphatic heterocycles. The van der Waals surface area contributed by atoms with Gasteiger partial charge in [0.1, 0.15) is 10.7 Å². The molecule has 0 bridgehead atoms. The molecule has 32 heavy (non-hydrogen) atoms. The number of carbonyl (C=O) groups excluding carboxylic acids is 1. The number of likely N-dealkylation sites (tertiary alicyclic amines) is 1. The van der Waals surface area contributed by atoms with Gasteiger partial charge in [0.25, 0.3) is 5.91 Å². The summed E-state index contributed by atoms with van der Waals surface area (Å²) in [5, 5.41) is 9.40. The maximum Gasteiger partial charge on any atom is 0.420 e. The van der Waals surface area contributed by atoms with E-state index in [0.29, 0.717) is 29.3 Å². The molecule has 174 valence electrons. The first-order valence-electron chi connectivity index (χ1n) is 8.43. The molecule has 1 aromatic carbocycles. The molecule has 0 spiro atoms. The van der Waals surface area contributed by atoms with Crippen molar-refractivity contribution in [3.63, 3.8) is 0 Å². The highest BCUT2D eigenvalue weighted by atomic mass is 32.2. The zero-order chi connectivity index (χ0) is 24.3. The summed E-state index contributed by atoms with van der Waals surface area (Å²) >= 11 is 0. The van der Waals surface area contributed by atoms with Crippen molar-refractivity contribution in [2.45, 2.75) is 27.7 Å². The molecule has 0 radical (unpaired) electrons. The summed E-state index contributed by atoms with van der Waals surface area (Å²) in [5.41, 5.74) is -0.143. The van der Waals surface area contributed by atoms with Crippen LogP contribution in [-0.4, -0.2) is 54.2 Å². The standard InChI is InChI=1S/C17H12F7N3O4S/c18-10-3-8(16(19,20)21)1-2-12(10)32(30,31)9-4-11(25)13(26-5-9)14(28)27-6-15(29,7-27)17(22,23)24/h1-5,29H,6-7,25H2. The molecule has 0 aliphatic carbocycles. The van der Waals surface area contributed by atoms with Crippen molar-refractivity contribution in [1.29, 1.82) is 0 Å². The molecule has 2 aromatic rings. The van der Waals surface area contributed by atoms with Crippen LogP contribution in [0.1, 0.15) is 16.1 Å². The summed E-state index contributed by atoms with van der Waals surface area (Å²) in [6.45, 7) is -2.18. The molecule has 1 saturated heterocycles. The largest absolute Gasteiger partial charge is 0.420 e. The monoisotopic (exact) mass is 487 g/mol. The lowest BCUT2D eigenvalue weighted by molar-refractivity contribution is -0.294. The van der Waals surface area contributed by atoms with E-state index in [2.05, 4.69) is 4.98 Å². The molecule has 3 rings (SSSR count). The number of rotatable bonds is 3. The molecule has 1 aliphatic rings. The van der Waals surface area contributed by atoms with Crippen LogP contribution >= 0.6 is 0 Å². The lowest BCUT2D eigenvalue weighted by atomic mass is 9.93. The first-order valence-corrected chi connectivity index (χ1v) is 9.91. The number of halogens is 7. The quantitative estimate of drug-likeness (QED) is 0.643. The predicted molar refractivity (Wildman–Crippen MR) is 92.4 cm³/mol. The maximum atomic E-state index is 14.1. The smallest absolute Gasteiger partial charge is 0.397 e. The van der Waals surface area contributed by atoms with Crippen LogP contribution in [0.5, 0.6) is 0 Å². The second kappa shape index (κ2) is 7.30. The minimum Gasteiger partial charge on any atom is -0.397 e. The number of nitrogen functional groups attached to an aromatic ring is 1. The molecule has 0 atom stereocenters. The molecular weight excluding hydrogens is 475 g/mol. The molecule has 0 saturated carbocycles. The van der Waals surface area contributed by atoms with Gasteiger partial charge in [0.15, 0.2) is 11.3 Å². The third-order valence-corrected chi connectivity index (χ3v) is 6.43. The number of benzene rings is 1. The average Bonchev–Trinajstić information content (AvgIpc) is 2.62. The summed E-state index contributed by atoms with van der Waals surface area (Å²) in [4.78, 5) is 14.5. The van der Waals surface area contributed by atoms with Crippen LogP contribution in [-0.2, 0) is 16.0 Å². The highest BCUT2D eigenvalue weighted by Gasteiger charge is 2.62. The Hall–Kier alpha value is -2.94. The van der Waals surface area contributed by atoms with Crippen molar-refractivity contribution in [2.75, 3.05) is 18.8 Å². The third kappa shape index (κ3) is 3.97. The number of hydrogen-bond acceptors (Lipinski definition) is 6. The first-order chi connectivity index (χ1) is 14.5. The van der Waals surface area contributed by atoms with E-state index in [-0.39, 0.29) is 6.07 Å². The van der Waals surface area contributed by atoms with Gasteiger partial charge in [-0.2, -0.15) is 26.3 Å². The lowest BCUT2D eigenvalue weighted by Gasteiger charge is -2.46. The predicted octanol–water partition coefficient (Wildman–Crippen LogP) is 2.40. The van der Waals surface area contributed by atoms with Crippen LogP contribution in [0.3, 0.4) is 0 Å². The number of aromatic nitrogens is 1. The number of carbonyl (C=O) groups is 1. The van der Waals surface area contributed by atoms with Crippen LogP contribution in [0.4, 0.5) is 36.4 Å². The fraction of sp³-hybridized carbons (Fsp3) is 0.294. The number of β-amino-alcohol motifs (C(OH)–C–C–N with tert-alkyl or cyclic N) is 1. The molecule has 1 fully saturated rings. The van der Waals surface area contributed by atoms with E-state index >= 15 is 0 Å². The SMILES string of the molecule is Nc1cc(S(=O)(=O)c2ccc(C(F)(F)F)cc2F)cnc1C(=O)N1CC(O)(C(F)(F)F)C1. The van der Waals surface area contributed by atoms with Gasteiger partial charge in [-0.05, 0) is 24.3 Å². The first kappa shape index (κ1) is 23.7.